The van der Waals surface area contributed by atoms with Crippen molar-refractivity contribution in [1.29, 1.82) is 0 Å². The van der Waals surface area contributed by atoms with Crippen molar-refractivity contribution in [3.63, 3.8) is 0 Å². The van der Waals surface area contributed by atoms with Gasteiger partial charge >= 0.3 is 5.97 Å². The van der Waals surface area contributed by atoms with Gasteiger partial charge in [0.25, 0.3) is 0 Å². The maximum atomic E-state index is 12.8. The first-order chi connectivity index (χ1) is 12.5. The van der Waals surface area contributed by atoms with Crippen LogP contribution in [0.25, 0.3) is 0 Å². The van der Waals surface area contributed by atoms with Gasteiger partial charge in [0.1, 0.15) is 0 Å². The van der Waals surface area contributed by atoms with Crippen LogP contribution in [-0.2, 0) is 19.2 Å². The molecule has 7 heteroatoms. The fraction of sp³-hybridized carbons (Fsp3) is 0.474. The highest BCUT2D eigenvalue weighted by molar-refractivity contribution is 6.22. The molecule has 2 aliphatic carbocycles. The van der Waals surface area contributed by atoms with E-state index < -0.39 is 5.97 Å². The molecule has 3 amide bonds. The number of rotatable bonds is 5. The molecule has 2 N–H and O–H groups in total. The summed E-state index contributed by atoms with van der Waals surface area (Å²) in [6.45, 7) is 0. The van der Waals surface area contributed by atoms with Gasteiger partial charge in [-0.1, -0.05) is 0 Å². The summed E-state index contributed by atoms with van der Waals surface area (Å²) in [5.74, 6) is -1.22. The highest BCUT2D eigenvalue weighted by atomic mass is 16.4. The van der Waals surface area contributed by atoms with Gasteiger partial charge in [-0.2, -0.15) is 0 Å². The van der Waals surface area contributed by atoms with E-state index in [1.54, 1.807) is 24.3 Å². The Morgan fingerprint density at radius 2 is 1.58 bits per heavy atom. The normalized spacial score (nSPS) is 29.2. The van der Waals surface area contributed by atoms with E-state index in [0.717, 1.165) is 19.3 Å². The summed E-state index contributed by atoms with van der Waals surface area (Å²) in [6, 6.07) is 6.53. The summed E-state index contributed by atoms with van der Waals surface area (Å²) in [6.07, 6.45) is 2.75. The molecule has 136 valence electrons. The van der Waals surface area contributed by atoms with Crippen LogP contribution in [-0.4, -0.2) is 28.8 Å². The third-order valence-electron chi connectivity index (χ3n) is 5.90. The number of anilines is 2. The molecular formula is C19H20N2O5. The fourth-order valence-corrected chi connectivity index (χ4v) is 4.80. The maximum absolute atomic E-state index is 12.8. The molecule has 3 aliphatic rings. The van der Waals surface area contributed by atoms with Gasteiger partial charge in [0.15, 0.2) is 0 Å². The van der Waals surface area contributed by atoms with E-state index in [4.69, 9.17) is 5.11 Å². The molecule has 2 saturated carbocycles. The summed E-state index contributed by atoms with van der Waals surface area (Å²) >= 11 is 0. The Balaban J connectivity index is 1.46. The molecule has 7 nitrogen and oxygen atoms in total. The lowest BCUT2D eigenvalue weighted by atomic mass is 9.81. The lowest BCUT2D eigenvalue weighted by molar-refractivity contribution is -0.138. The monoisotopic (exact) mass is 356 g/mol. The van der Waals surface area contributed by atoms with Crippen molar-refractivity contribution in [2.24, 2.45) is 23.7 Å². The average molecular weight is 356 g/mol. The van der Waals surface area contributed by atoms with Gasteiger partial charge in [0, 0.05) is 12.1 Å². The minimum absolute atomic E-state index is 0.0922. The van der Waals surface area contributed by atoms with Crippen molar-refractivity contribution >= 4 is 35.1 Å². The molecule has 1 aromatic rings. The molecule has 1 aromatic carbocycles. The molecule has 2 bridgehead atoms. The van der Waals surface area contributed by atoms with Crippen molar-refractivity contribution in [3.8, 4) is 0 Å². The SMILES string of the molecule is O=C(O)CCC(=O)Nc1ccc(N2C(=O)[C@@H]3[C@@H]4CC[C@H](C4)[C@@H]3C2=O)cc1. The van der Waals surface area contributed by atoms with Crippen molar-refractivity contribution in [1.82, 2.24) is 0 Å². The molecule has 0 aromatic heterocycles. The topological polar surface area (TPSA) is 104 Å². The first kappa shape index (κ1) is 16.8. The smallest absolute Gasteiger partial charge is 0.303 e. The molecule has 1 saturated heterocycles. The zero-order valence-corrected chi connectivity index (χ0v) is 14.2. The number of hydrogen-bond donors (Lipinski definition) is 2. The van der Waals surface area contributed by atoms with E-state index in [1.165, 1.54) is 4.90 Å². The number of carbonyl (C=O) groups is 4. The highest BCUT2D eigenvalue weighted by Crippen LogP contribution is 2.56. The molecule has 1 heterocycles. The quantitative estimate of drug-likeness (QED) is 0.786. The van der Waals surface area contributed by atoms with Crippen molar-refractivity contribution < 1.29 is 24.3 Å². The minimum atomic E-state index is -1.03. The molecule has 3 fully saturated rings. The van der Waals surface area contributed by atoms with Crippen LogP contribution in [0.3, 0.4) is 0 Å². The second-order valence-electron chi connectivity index (χ2n) is 7.39. The third kappa shape index (κ3) is 2.67. The Morgan fingerprint density at radius 3 is 2.12 bits per heavy atom. The van der Waals surface area contributed by atoms with E-state index in [9.17, 15) is 19.2 Å². The van der Waals surface area contributed by atoms with Crippen molar-refractivity contribution in [2.45, 2.75) is 32.1 Å². The van der Waals surface area contributed by atoms with Gasteiger partial charge in [-0.05, 0) is 55.4 Å². The Bertz CT molecular complexity index is 760. The van der Waals surface area contributed by atoms with Crippen LogP contribution >= 0.6 is 0 Å². The first-order valence-electron chi connectivity index (χ1n) is 8.95. The number of aliphatic carboxylic acids is 1. The maximum Gasteiger partial charge on any atom is 0.303 e. The van der Waals surface area contributed by atoms with E-state index in [0.29, 0.717) is 23.2 Å². The molecule has 0 spiro atoms. The zero-order valence-electron chi connectivity index (χ0n) is 14.2. The van der Waals surface area contributed by atoms with E-state index in [-0.39, 0.29) is 42.4 Å². The van der Waals surface area contributed by atoms with Crippen LogP contribution in [0.5, 0.6) is 0 Å². The van der Waals surface area contributed by atoms with Gasteiger partial charge in [-0.25, -0.2) is 0 Å². The van der Waals surface area contributed by atoms with Crippen LogP contribution in [0, 0.1) is 23.7 Å². The van der Waals surface area contributed by atoms with Gasteiger partial charge in [0.05, 0.1) is 23.9 Å². The molecule has 0 radical (unpaired) electrons. The minimum Gasteiger partial charge on any atom is -0.481 e. The predicted molar refractivity (Wildman–Crippen MR) is 92.2 cm³/mol. The van der Waals surface area contributed by atoms with Gasteiger partial charge < -0.3 is 10.4 Å². The van der Waals surface area contributed by atoms with Crippen molar-refractivity contribution in [2.75, 3.05) is 10.2 Å². The third-order valence-corrected chi connectivity index (χ3v) is 5.90. The first-order valence-corrected chi connectivity index (χ1v) is 8.95. The summed E-state index contributed by atoms with van der Waals surface area (Å²) in [5, 5.41) is 11.2. The number of carbonyl (C=O) groups excluding carboxylic acids is 3. The van der Waals surface area contributed by atoms with Crippen LogP contribution in [0.1, 0.15) is 32.1 Å². The predicted octanol–water partition coefficient (Wildman–Crippen LogP) is 2.03. The summed E-state index contributed by atoms with van der Waals surface area (Å²) < 4.78 is 0. The molecule has 26 heavy (non-hydrogen) atoms. The second-order valence-corrected chi connectivity index (χ2v) is 7.39. The molecule has 1 aliphatic heterocycles. The number of hydrogen-bond acceptors (Lipinski definition) is 4. The Labute approximate surface area is 150 Å². The number of imide groups is 1. The number of nitrogens with zero attached hydrogens (tertiary/aromatic N) is 1. The largest absolute Gasteiger partial charge is 0.481 e. The van der Waals surface area contributed by atoms with Crippen LogP contribution in [0.2, 0.25) is 0 Å². The number of carboxylic acid groups (broad SMARTS) is 1. The van der Waals surface area contributed by atoms with E-state index >= 15 is 0 Å². The Morgan fingerprint density at radius 1 is 1.00 bits per heavy atom. The molecule has 0 unspecified atom stereocenters. The van der Waals surface area contributed by atoms with Crippen LogP contribution < -0.4 is 10.2 Å². The number of fused-ring (bicyclic) bond motifs is 5. The average Bonchev–Trinajstić information content (AvgIpc) is 3.28. The van der Waals surface area contributed by atoms with E-state index in [1.807, 2.05) is 0 Å². The summed E-state index contributed by atoms with van der Waals surface area (Å²) in [5.41, 5.74) is 1.03. The lowest BCUT2D eigenvalue weighted by Gasteiger charge is -2.19. The molecule has 4 rings (SSSR count). The molecule has 4 atom stereocenters. The summed E-state index contributed by atoms with van der Waals surface area (Å²) in [7, 11) is 0. The summed E-state index contributed by atoms with van der Waals surface area (Å²) in [4.78, 5) is 49.0. The highest BCUT2D eigenvalue weighted by Gasteiger charge is 2.61. The van der Waals surface area contributed by atoms with Crippen LogP contribution in [0.15, 0.2) is 24.3 Å². The van der Waals surface area contributed by atoms with Gasteiger partial charge in [0.2, 0.25) is 17.7 Å². The second kappa shape index (κ2) is 6.23. The fourth-order valence-electron chi connectivity index (χ4n) is 4.80. The molecular weight excluding hydrogens is 336 g/mol. The van der Waals surface area contributed by atoms with Crippen molar-refractivity contribution in [3.05, 3.63) is 24.3 Å². The lowest BCUT2D eigenvalue weighted by Crippen LogP contribution is -2.32. The van der Waals surface area contributed by atoms with E-state index in [2.05, 4.69) is 5.32 Å². The number of nitrogens with one attached hydrogen (secondary N) is 1. The number of carboxylic acids is 1. The van der Waals surface area contributed by atoms with Gasteiger partial charge in [-0.15, -0.1) is 0 Å². The Kier molecular flexibility index (Phi) is 4.01. The Hall–Kier alpha value is -2.70. The number of amides is 3. The zero-order chi connectivity index (χ0) is 18.4. The van der Waals surface area contributed by atoms with Gasteiger partial charge in [-0.3, -0.25) is 24.1 Å². The number of benzene rings is 1. The van der Waals surface area contributed by atoms with Crippen LogP contribution in [0.4, 0.5) is 11.4 Å². The standard InChI is InChI=1S/C19H20N2O5/c22-14(7-8-15(23)24)20-12-3-5-13(6-4-12)21-18(25)16-10-1-2-11(9-10)17(16)19(21)26/h3-6,10-11,16-17H,1-2,7-9H2,(H,20,22)(H,23,24)/t10-,11-,16-,17+/m1/s1.